The molecule has 1 fully saturated rings. The van der Waals surface area contributed by atoms with Crippen LogP contribution in [0.25, 0.3) is 11.0 Å². The Kier molecular flexibility index (Phi) is 5.62. The largest absolute Gasteiger partial charge is 0.320 e. The molecule has 0 bridgehead atoms. The quantitative estimate of drug-likeness (QED) is 0.664. The summed E-state index contributed by atoms with van der Waals surface area (Å²) in [6.45, 7) is -1.15. The monoisotopic (exact) mass is 420 g/mol. The lowest BCUT2D eigenvalue weighted by Gasteiger charge is -2.32. The summed E-state index contributed by atoms with van der Waals surface area (Å²) in [5.41, 5.74) is 0.969. The first-order chi connectivity index (χ1) is 13.9. The summed E-state index contributed by atoms with van der Waals surface area (Å²) >= 11 is 0. The van der Waals surface area contributed by atoms with Gasteiger partial charge in [-0.15, -0.1) is 0 Å². The van der Waals surface area contributed by atoms with Crippen LogP contribution in [-0.4, -0.2) is 42.0 Å². The van der Waals surface area contributed by atoms with E-state index in [1.165, 1.54) is 0 Å². The van der Waals surface area contributed by atoms with Crippen molar-refractivity contribution in [2.75, 3.05) is 13.1 Å². The topological polar surface area (TPSA) is 67.2 Å². The minimum atomic E-state index is -3.56. The van der Waals surface area contributed by atoms with E-state index in [0.29, 0.717) is 49.3 Å². The van der Waals surface area contributed by atoms with E-state index in [9.17, 15) is 17.2 Å². The molecule has 1 saturated heterocycles. The number of hydrogen-bond acceptors (Lipinski definition) is 4. The molecule has 1 aliphatic heterocycles. The highest BCUT2D eigenvalue weighted by atomic mass is 32.2. The van der Waals surface area contributed by atoms with E-state index in [0.717, 1.165) is 4.57 Å². The van der Waals surface area contributed by atoms with Gasteiger partial charge in [0.15, 0.2) is 0 Å². The fraction of sp³-hybridized carbons (Fsp3) is 0.350. The van der Waals surface area contributed by atoms with Crippen molar-refractivity contribution in [3.63, 3.8) is 0 Å². The maximum atomic E-state index is 13.6. The smallest absolute Gasteiger partial charge is 0.296 e. The SMILES string of the molecule is O=S(=O)(NC1CCN(Cc2nc3ccccc3n2C(F)F)CC1)c1ccccc1. The molecule has 29 heavy (non-hydrogen) atoms. The lowest BCUT2D eigenvalue weighted by Crippen LogP contribution is -2.44. The summed E-state index contributed by atoms with van der Waals surface area (Å²) in [5, 5.41) is 0. The number of piperidine rings is 1. The first-order valence-corrected chi connectivity index (χ1v) is 11.0. The summed E-state index contributed by atoms with van der Waals surface area (Å²) < 4.78 is 55.8. The number of fused-ring (bicyclic) bond motifs is 1. The number of rotatable bonds is 6. The number of para-hydroxylation sites is 2. The molecule has 0 atom stereocenters. The Morgan fingerprint density at radius 2 is 1.69 bits per heavy atom. The van der Waals surface area contributed by atoms with Crippen LogP contribution >= 0.6 is 0 Å². The Morgan fingerprint density at radius 1 is 1.03 bits per heavy atom. The maximum Gasteiger partial charge on any atom is 0.320 e. The van der Waals surface area contributed by atoms with Gasteiger partial charge in [0.05, 0.1) is 22.5 Å². The number of benzene rings is 2. The molecule has 0 aliphatic carbocycles. The van der Waals surface area contributed by atoms with Gasteiger partial charge in [0.1, 0.15) is 5.82 Å². The first kappa shape index (κ1) is 19.9. The summed E-state index contributed by atoms with van der Waals surface area (Å²) in [6, 6.07) is 15.0. The number of likely N-dealkylation sites (tertiary alicyclic amines) is 1. The van der Waals surface area contributed by atoms with Crippen LogP contribution < -0.4 is 4.72 Å². The standard InChI is InChI=1S/C20H22F2N4O2S/c21-20(22)26-18-9-5-4-8-17(18)23-19(26)14-25-12-10-15(11-13-25)24-29(27,28)16-6-2-1-3-7-16/h1-9,15,20,24H,10-14H2. The molecule has 2 heterocycles. The van der Waals surface area contributed by atoms with Crippen molar-refractivity contribution in [3.05, 3.63) is 60.4 Å². The van der Waals surface area contributed by atoms with Crippen LogP contribution in [0.4, 0.5) is 8.78 Å². The predicted octanol–water partition coefficient (Wildman–Crippen LogP) is 3.37. The van der Waals surface area contributed by atoms with E-state index in [1.54, 1.807) is 54.6 Å². The third kappa shape index (κ3) is 4.31. The van der Waals surface area contributed by atoms with Crippen LogP contribution in [0.3, 0.4) is 0 Å². The van der Waals surface area contributed by atoms with E-state index in [4.69, 9.17) is 0 Å². The zero-order valence-electron chi connectivity index (χ0n) is 15.7. The molecular weight excluding hydrogens is 398 g/mol. The normalized spacial score (nSPS) is 16.7. The molecule has 154 valence electrons. The molecule has 1 N–H and O–H groups in total. The summed E-state index contributed by atoms with van der Waals surface area (Å²) in [4.78, 5) is 6.65. The number of aromatic nitrogens is 2. The van der Waals surface area contributed by atoms with Gasteiger partial charge in [-0.1, -0.05) is 30.3 Å². The summed E-state index contributed by atoms with van der Waals surface area (Å²) in [5.74, 6) is 0.324. The van der Waals surface area contributed by atoms with E-state index >= 15 is 0 Å². The lowest BCUT2D eigenvalue weighted by molar-refractivity contribution is 0.0672. The molecule has 4 rings (SSSR count). The van der Waals surface area contributed by atoms with Gasteiger partial charge in [0.25, 0.3) is 0 Å². The Hall–Kier alpha value is -2.36. The molecule has 0 radical (unpaired) electrons. The van der Waals surface area contributed by atoms with Gasteiger partial charge in [-0.2, -0.15) is 8.78 Å². The highest BCUT2D eigenvalue weighted by Crippen LogP contribution is 2.25. The predicted molar refractivity (Wildman–Crippen MR) is 106 cm³/mol. The molecule has 0 saturated carbocycles. The minimum Gasteiger partial charge on any atom is -0.296 e. The van der Waals surface area contributed by atoms with Gasteiger partial charge in [-0.3, -0.25) is 9.47 Å². The Balaban J connectivity index is 1.41. The number of halogens is 2. The second-order valence-corrected chi connectivity index (χ2v) is 8.86. The number of imidazole rings is 1. The van der Waals surface area contributed by atoms with Crippen LogP contribution in [0.2, 0.25) is 0 Å². The van der Waals surface area contributed by atoms with Crippen molar-refractivity contribution < 1.29 is 17.2 Å². The molecule has 0 unspecified atom stereocenters. The fourth-order valence-electron chi connectivity index (χ4n) is 3.72. The van der Waals surface area contributed by atoms with E-state index in [2.05, 4.69) is 9.71 Å². The fourth-order valence-corrected chi connectivity index (χ4v) is 5.05. The van der Waals surface area contributed by atoms with Gasteiger partial charge in [-0.25, -0.2) is 18.1 Å². The molecule has 9 heteroatoms. The van der Waals surface area contributed by atoms with Crippen LogP contribution in [0.15, 0.2) is 59.5 Å². The maximum absolute atomic E-state index is 13.6. The summed E-state index contributed by atoms with van der Waals surface area (Å²) in [6.07, 6.45) is 1.22. The number of hydrogen-bond donors (Lipinski definition) is 1. The van der Waals surface area contributed by atoms with Crippen LogP contribution in [-0.2, 0) is 16.6 Å². The average molecular weight is 420 g/mol. The lowest BCUT2D eigenvalue weighted by atomic mass is 10.1. The van der Waals surface area contributed by atoms with Crippen LogP contribution in [0, 0.1) is 0 Å². The molecule has 2 aromatic carbocycles. The summed E-state index contributed by atoms with van der Waals surface area (Å²) in [7, 11) is -3.56. The van der Waals surface area contributed by atoms with E-state index in [-0.39, 0.29) is 10.9 Å². The van der Waals surface area contributed by atoms with Crippen molar-refractivity contribution >= 4 is 21.1 Å². The molecule has 6 nitrogen and oxygen atoms in total. The van der Waals surface area contributed by atoms with Crippen molar-refractivity contribution in [2.24, 2.45) is 0 Å². The molecule has 1 aliphatic rings. The Bertz CT molecular complexity index is 1080. The number of sulfonamides is 1. The zero-order valence-corrected chi connectivity index (χ0v) is 16.5. The highest BCUT2D eigenvalue weighted by Gasteiger charge is 2.26. The van der Waals surface area contributed by atoms with Gasteiger partial charge in [0, 0.05) is 19.1 Å². The number of nitrogens with one attached hydrogen (secondary N) is 1. The second-order valence-electron chi connectivity index (χ2n) is 7.15. The molecule has 0 amide bonds. The third-order valence-corrected chi connectivity index (χ3v) is 6.73. The first-order valence-electron chi connectivity index (χ1n) is 9.48. The Labute approximate surface area is 168 Å². The van der Waals surface area contributed by atoms with Crippen LogP contribution in [0.5, 0.6) is 0 Å². The molecule has 1 aromatic heterocycles. The van der Waals surface area contributed by atoms with Gasteiger partial charge >= 0.3 is 6.55 Å². The zero-order chi connectivity index (χ0) is 20.4. The molecular formula is C20H22F2N4O2S. The number of nitrogens with zero attached hydrogens (tertiary/aromatic N) is 3. The van der Waals surface area contributed by atoms with Gasteiger partial charge in [-0.05, 0) is 37.1 Å². The molecule has 0 spiro atoms. The Morgan fingerprint density at radius 3 is 2.38 bits per heavy atom. The van der Waals surface area contributed by atoms with Crippen LogP contribution in [0.1, 0.15) is 25.2 Å². The van der Waals surface area contributed by atoms with E-state index in [1.807, 2.05) is 4.90 Å². The molecule has 3 aromatic rings. The highest BCUT2D eigenvalue weighted by molar-refractivity contribution is 7.89. The van der Waals surface area contributed by atoms with E-state index < -0.39 is 16.6 Å². The minimum absolute atomic E-state index is 0.176. The second kappa shape index (κ2) is 8.17. The third-order valence-electron chi connectivity index (χ3n) is 5.19. The van der Waals surface area contributed by atoms with Crippen molar-refractivity contribution in [1.82, 2.24) is 19.2 Å². The van der Waals surface area contributed by atoms with Crippen molar-refractivity contribution in [1.29, 1.82) is 0 Å². The average Bonchev–Trinajstić information content (AvgIpc) is 3.08. The van der Waals surface area contributed by atoms with Gasteiger partial charge in [0.2, 0.25) is 10.0 Å². The van der Waals surface area contributed by atoms with Crippen molar-refractivity contribution in [2.45, 2.75) is 36.9 Å². The van der Waals surface area contributed by atoms with Crippen molar-refractivity contribution in [3.8, 4) is 0 Å². The van der Waals surface area contributed by atoms with Gasteiger partial charge < -0.3 is 0 Å². The number of alkyl halides is 2.